The largest absolute Gasteiger partial charge is 0.385 e. The Morgan fingerprint density at radius 1 is 0.632 bits per heavy atom. The highest BCUT2D eigenvalue weighted by molar-refractivity contribution is 14.1. The van der Waals surface area contributed by atoms with Crippen molar-refractivity contribution >= 4 is 28.3 Å². The van der Waals surface area contributed by atoms with E-state index in [9.17, 15) is 0 Å². The van der Waals surface area contributed by atoms with E-state index in [2.05, 4.69) is 116 Å². The lowest BCUT2D eigenvalue weighted by Crippen LogP contribution is -2.43. The van der Waals surface area contributed by atoms with E-state index in [1.54, 1.807) is 0 Å². The van der Waals surface area contributed by atoms with Gasteiger partial charge in [0.15, 0.2) is 0 Å². The lowest BCUT2D eigenvalue weighted by Gasteiger charge is -2.35. The van der Waals surface area contributed by atoms with Crippen LogP contribution in [-0.2, 0) is 5.54 Å². The molecule has 0 amide bonds. The summed E-state index contributed by atoms with van der Waals surface area (Å²) < 4.78 is 1.29. The normalized spacial score (nSPS) is 15.9. The molecule has 0 saturated heterocycles. The molecule has 3 heteroatoms. The van der Waals surface area contributed by atoms with E-state index >= 15 is 0 Å². The number of halogens is 1. The number of fused-ring (bicyclic) bond motifs is 3. The Hall–Kier alpha value is -1.85. The fourth-order valence-corrected chi connectivity index (χ4v) is 6.57. The van der Waals surface area contributed by atoms with Crippen molar-refractivity contribution in [2.75, 3.05) is 18.4 Å². The Labute approximate surface area is 245 Å². The van der Waals surface area contributed by atoms with Gasteiger partial charge in [-0.3, -0.25) is 5.32 Å². The summed E-state index contributed by atoms with van der Waals surface area (Å²) >= 11 is 2.48. The molecule has 0 heterocycles. The smallest absolute Gasteiger partial charge is 0.0961 e. The predicted molar refractivity (Wildman–Crippen MR) is 174 cm³/mol. The van der Waals surface area contributed by atoms with Gasteiger partial charge in [0.2, 0.25) is 0 Å². The van der Waals surface area contributed by atoms with Gasteiger partial charge in [0.05, 0.1) is 5.54 Å². The highest BCUT2D eigenvalue weighted by Crippen LogP contribution is 2.52. The molecule has 1 aliphatic rings. The molecule has 204 valence electrons. The molecule has 1 atom stereocenters. The minimum absolute atomic E-state index is 0.341. The first-order valence-electron chi connectivity index (χ1n) is 15.0. The molecule has 1 aliphatic carbocycles. The number of nitrogens with one attached hydrogen (secondary N) is 2. The van der Waals surface area contributed by atoms with Gasteiger partial charge in [0.25, 0.3) is 0 Å². The van der Waals surface area contributed by atoms with E-state index in [4.69, 9.17) is 0 Å². The Kier molecular flexibility index (Phi) is 10.7. The Morgan fingerprint density at radius 2 is 1.26 bits per heavy atom. The van der Waals surface area contributed by atoms with Crippen LogP contribution < -0.4 is 10.6 Å². The molecule has 0 spiro atoms. The Morgan fingerprint density at radius 3 is 2.03 bits per heavy atom. The molecule has 3 aromatic rings. The fourth-order valence-electron chi connectivity index (χ4n) is 6.08. The second-order valence-corrected chi connectivity index (χ2v) is 12.5. The molecule has 0 aromatic heterocycles. The summed E-state index contributed by atoms with van der Waals surface area (Å²) in [6.07, 6.45) is 13.0. The minimum Gasteiger partial charge on any atom is -0.385 e. The highest BCUT2D eigenvalue weighted by atomic mass is 127. The summed E-state index contributed by atoms with van der Waals surface area (Å²) in [6.45, 7) is 11.1. The van der Waals surface area contributed by atoms with Gasteiger partial charge in [-0.05, 0) is 113 Å². The van der Waals surface area contributed by atoms with Crippen molar-refractivity contribution in [1.82, 2.24) is 5.32 Å². The lowest BCUT2D eigenvalue weighted by atomic mass is 9.79. The van der Waals surface area contributed by atoms with Gasteiger partial charge in [-0.1, -0.05) is 101 Å². The first-order valence-corrected chi connectivity index (χ1v) is 16.1. The molecule has 0 fully saturated rings. The summed E-state index contributed by atoms with van der Waals surface area (Å²) in [5.41, 5.74) is 10.4. The average Bonchev–Trinajstić information content (AvgIpc) is 3.16. The van der Waals surface area contributed by atoms with Crippen molar-refractivity contribution in [1.29, 1.82) is 0 Å². The van der Waals surface area contributed by atoms with Crippen LogP contribution in [0.2, 0.25) is 0 Å². The molecule has 0 bridgehead atoms. The summed E-state index contributed by atoms with van der Waals surface area (Å²) in [5.74, 6) is 0. The van der Waals surface area contributed by atoms with Crippen molar-refractivity contribution in [3.8, 4) is 11.1 Å². The quantitative estimate of drug-likeness (QED) is 0.130. The van der Waals surface area contributed by atoms with Crippen LogP contribution in [-0.4, -0.2) is 13.1 Å². The number of anilines is 1. The number of benzene rings is 3. The third-order valence-corrected chi connectivity index (χ3v) is 8.72. The molecule has 0 saturated carbocycles. The molecule has 0 aliphatic heterocycles. The summed E-state index contributed by atoms with van der Waals surface area (Å²) in [5, 5.41) is 7.94. The highest BCUT2D eigenvalue weighted by Gasteiger charge is 2.44. The third kappa shape index (κ3) is 6.65. The summed E-state index contributed by atoms with van der Waals surface area (Å²) in [4.78, 5) is 0. The van der Waals surface area contributed by atoms with E-state index in [0.717, 1.165) is 13.1 Å². The standard InChI is InChI=1S/C35H47IN2/c1-5-7-9-11-12-14-20-38-35(28-21-27(4)22-30(24-28)37-19-13-10-8-6-2)33-23-26(3)15-17-31(33)32-18-16-29(36)25-34(32)35/h15-18,21-25,37-38H,5-14,19-20H2,1-4H3. The minimum atomic E-state index is -0.341. The second kappa shape index (κ2) is 14.0. The van der Waals surface area contributed by atoms with Crippen LogP contribution in [0.15, 0.2) is 54.6 Å². The van der Waals surface area contributed by atoms with Crippen LogP contribution in [0.5, 0.6) is 0 Å². The zero-order valence-electron chi connectivity index (χ0n) is 24.1. The van der Waals surface area contributed by atoms with Crippen molar-refractivity contribution in [2.45, 2.75) is 97.4 Å². The van der Waals surface area contributed by atoms with Crippen LogP contribution in [0.3, 0.4) is 0 Å². The van der Waals surface area contributed by atoms with E-state index in [0.29, 0.717) is 0 Å². The maximum atomic E-state index is 4.18. The fraction of sp³-hybridized carbons (Fsp3) is 0.486. The number of hydrogen-bond donors (Lipinski definition) is 2. The maximum absolute atomic E-state index is 4.18. The van der Waals surface area contributed by atoms with Gasteiger partial charge in [0, 0.05) is 15.8 Å². The molecular weight excluding hydrogens is 575 g/mol. The summed E-state index contributed by atoms with van der Waals surface area (Å²) in [7, 11) is 0. The van der Waals surface area contributed by atoms with Gasteiger partial charge in [-0.25, -0.2) is 0 Å². The van der Waals surface area contributed by atoms with Crippen molar-refractivity contribution in [3.05, 3.63) is 86.0 Å². The maximum Gasteiger partial charge on any atom is 0.0961 e. The zero-order chi connectivity index (χ0) is 27.0. The second-order valence-electron chi connectivity index (χ2n) is 11.3. The number of hydrogen-bond acceptors (Lipinski definition) is 2. The van der Waals surface area contributed by atoms with E-state index in [1.165, 1.54) is 112 Å². The van der Waals surface area contributed by atoms with Crippen LogP contribution in [0.25, 0.3) is 11.1 Å². The first kappa shape index (κ1) is 29.1. The molecule has 4 rings (SSSR count). The number of rotatable bonds is 15. The van der Waals surface area contributed by atoms with Gasteiger partial charge < -0.3 is 5.32 Å². The van der Waals surface area contributed by atoms with Crippen LogP contribution >= 0.6 is 22.6 Å². The molecule has 0 radical (unpaired) electrons. The SMILES string of the molecule is CCCCCCCCNC1(c2cc(C)cc(NCCCCCC)c2)c2cc(C)ccc2-c2ccc(I)cc21. The number of aryl methyl sites for hydroxylation is 2. The van der Waals surface area contributed by atoms with E-state index in [-0.39, 0.29) is 5.54 Å². The van der Waals surface area contributed by atoms with E-state index in [1.807, 2.05) is 0 Å². The van der Waals surface area contributed by atoms with Crippen molar-refractivity contribution < 1.29 is 0 Å². The lowest BCUT2D eigenvalue weighted by molar-refractivity contribution is 0.462. The average molecular weight is 623 g/mol. The Bertz CT molecular complexity index is 1150. The van der Waals surface area contributed by atoms with Crippen LogP contribution in [0.4, 0.5) is 5.69 Å². The van der Waals surface area contributed by atoms with E-state index < -0.39 is 0 Å². The van der Waals surface area contributed by atoms with Gasteiger partial charge in [-0.2, -0.15) is 0 Å². The summed E-state index contributed by atoms with van der Waals surface area (Å²) in [6, 6.07) is 21.2. The van der Waals surface area contributed by atoms with Crippen molar-refractivity contribution in [3.63, 3.8) is 0 Å². The Balaban J connectivity index is 1.73. The zero-order valence-corrected chi connectivity index (χ0v) is 26.2. The molecule has 2 N–H and O–H groups in total. The first-order chi connectivity index (χ1) is 18.5. The molecule has 2 nitrogen and oxygen atoms in total. The topological polar surface area (TPSA) is 24.1 Å². The molecule has 1 unspecified atom stereocenters. The van der Waals surface area contributed by atoms with Crippen molar-refractivity contribution in [2.24, 2.45) is 0 Å². The molecule has 3 aromatic carbocycles. The third-order valence-electron chi connectivity index (χ3n) is 8.05. The van der Waals surface area contributed by atoms with Gasteiger partial charge in [-0.15, -0.1) is 0 Å². The molecular formula is C35H47IN2. The molecule has 38 heavy (non-hydrogen) atoms. The van der Waals surface area contributed by atoms with Crippen LogP contribution in [0.1, 0.15) is 106 Å². The van der Waals surface area contributed by atoms with Gasteiger partial charge >= 0.3 is 0 Å². The predicted octanol–water partition coefficient (Wildman–Crippen LogP) is 10.1. The van der Waals surface area contributed by atoms with Gasteiger partial charge in [0.1, 0.15) is 0 Å². The monoisotopic (exact) mass is 622 g/mol. The van der Waals surface area contributed by atoms with Crippen LogP contribution in [0, 0.1) is 17.4 Å². The number of unbranched alkanes of at least 4 members (excludes halogenated alkanes) is 8.